The van der Waals surface area contributed by atoms with Crippen molar-refractivity contribution in [3.8, 4) is 0 Å². The van der Waals surface area contributed by atoms with Crippen LogP contribution in [0.1, 0.15) is 17.3 Å². The Morgan fingerprint density at radius 2 is 2.00 bits per heavy atom. The third kappa shape index (κ3) is 3.75. The summed E-state index contributed by atoms with van der Waals surface area (Å²) in [5.41, 5.74) is 0.565. The van der Waals surface area contributed by atoms with Gasteiger partial charge in [0.25, 0.3) is 0 Å². The first-order chi connectivity index (χ1) is 6.11. The van der Waals surface area contributed by atoms with Crippen LogP contribution in [0, 0.1) is 0 Å². The summed E-state index contributed by atoms with van der Waals surface area (Å²) in [6.45, 7) is 7.50. The molecule has 0 N–H and O–H groups in total. The summed E-state index contributed by atoms with van der Waals surface area (Å²) in [6.07, 6.45) is 0. The average molecular weight is 262 g/mol. The molecule has 0 bridgehead atoms. The van der Waals surface area contributed by atoms with Crippen molar-refractivity contribution in [2.24, 2.45) is 0 Å². The van der Waals surface area contributed by atoms with Gasteiger partial charge >= 0.3 is 0 Å². The van der Waals surface area contributed by atoms with Crippen LogP contribution in [0.15, 0.2) is 35.8 Å². The van der Waals surface area contributed by atoms with Gasteiger partial charge < -0.3 is 0 Å². The molecule has 0 radical (unpaired) electrons. The van der Waals surface area contributed by atoms with Gasteiger partial charge in [0.05, 0.1) is 5.02 Å². The van der Waals surface area contributed by atoms with E-state index in [9.17, 15) is 4.79 Å². The summed E-state index contributed by atoms with van der Waals surface area (Å²) in [5.74, 6) is -0.0116. The van der Waals surface area contributed by atoms with Crippen LogP contribution >= 0.6 is 27.5 Å². The lowest BCUT2D eigenvalue weighted by Gasteiger charge is -1.98. The second-order valence-corrected chi connectivity index (χ2v) is 3.50. The molecule has 0 heterocycles. The summed E-state index contributed by atoms with van der Waals surface area (Å²) in [6, 6.07) is 5.20. The second kappa shape index (κ2) is 5.95. The third-order valence-corrected chi connectivity index (χ3v) is 2.12. The number of ketones is 1. The van der Waals surface area contributed by atoms with Crippen molar-refractivity contribution in [1.82, 2.24) is 0 Å². The second-order valence-electron chi connectivity index (χ2n) is 2.18. The summed E-state index contributed by atoms with van der Waals surface area (Å²) in [5, 5.41) is 0.492. The number of halogens is 2. The molecule has 0 atom stereocenters. The fourth-order valence-electron chi connectivity index (χ4n) is 0.775. The number of hydrogen-bond donors (Lipinski definition) is 0. The zero-order chi connectivity index (χ0) is 10.4. The topological polar surface area (TPSA) is 17.1 Å². The van der Waals surface area contributed by atoms with Crippen LogP contribution in [0.5, 0.6) is 0 Å². The van der Waals surface area contributed by atoms with E-state index in [1.807, 2.05) is 0 Å². The largest absolute Gasteiger partial charge is 0.294 e. The van der Waals surface area contributed by atoms with Gasteiger partial charge in [-0.15, -0.1) is 13.2 Å². The van der Waals surface area contributed by atoms with Crippen LogP contribution in [-0.2, 0) is 0 Å². The number of rotatable bonds is 1. The maximum absolute atomic E-state index is 10.9. The van der Waals surface area contributed by atoms with E-state index in [0.29, 0.717) is 10.6 Å². The molecule has 1 aromatic rings. The van der Waals surface area contributed by atoms with Crippen molar-refractivity contribution in [2.45, 2.75) is 6.92 Å². The molecule has 13 heavy (non-hydrogen) atoms. The number of carbonyl (C=O) groups excluding carboxylic acids is 1. The maximum atomic E-state index is 10.9. The van der Waals surface area contributed by atoms with Gasteiger partial charge in [-0.05, 0) is 25.1 Å². The molecule has 0 fully saturated rings. The van der Waals surface area contributed by atoms with Crippen molar-refractivity contribution >= 4 is 33.3 Å². The highest BCUT2D eigenvalue weighted by molar-refractivity contribution is 9.10. The van der Waals surface area contributed by atoms with Crippen LogP contribution in [0.2, 0.25) is 5.02 Å². The standard InChI is InChI=1S/C8H6BrClO.C2H4/c1-5(11)7-3-2-6(9)4-8(7)10;1-2/h2-4H,1H3;1-2H2. The van der Waals surface area contributed by atoms with Gasteiger partial charge in [-0.2, -0.15) is 0 Å². The van der Waals surface area contributed by atoms with Crippen molar-refractivity contribution < 1.29 is 4.79 Å². The van der Waals surface area contributed by atoms with Gasteiger partial charge in [-0.1, -0.05) is 27.5 Å². The molecule has 0 saturated heterocycles. The average Bonchev–Trinajstić information content (AvgIpc) is 2.07. The highest BCUT2D eigenvalue weighted by atomic mass is 79.9. The Kier molecular flexibility index (Phi) is 5.67. The quantitative estimate of drug-likeness (QED) is 0.549. The zero-order valence-corrected chi connectivity index (χ0v) is 9.65. The summed E-state index contributed by atoms with van der Waals surface area (Å²) in [7, 11) is 0. The summed E-state index contributed by atoms with van der Waals surface area (Å²) in [4.78, 5) is 10.9. The third-order valence-electron chi connectivity index (χ3n) is 1.31. The van der Waals surface area contributed by atoms with Gasteiger partial charge in [-0.3, -0.25) is 4.79 Å². The van der Waals surface area contributed by atoms with E-state index < -0.39 is 0 Å². The van der Waals surface area contributed by atoms with Gasteiger partial charge in [0.15, 0.2) is 5.78 Å². The predicted molar refractivity (Wildman–Crippen MR) is 60.4 cm³/mol. The van der Waals surface area contributed by atoms with E-state index in [1.54, 1.807) is 18.2 Å². The Balaban J connectivity index is 0.000000671. The highest BCUT2D eigenvalue weighted by Gasteiger charge is 2.04. The van der Waals surface area contributed by atoms with Crippen LogP contribution < -0.4 is 0 Å². The van der Waals surface area contributed by atoms with Crippen molar-refractivity contribution in [1.29, 1.82) is 0 Å². The van der Waals surface area contributed by atoms with E-state index >= 15 is 0 Å². The van der Waals surface area contributed by atoms with E-state index in [0.717, 1.165) is 4.47 Å². The fraction of sp³-hybridized carbons (Fsp3) is 0.100. The molecule has 0 saturated carbocycles. The van der Waals surface area contributed by atoms with E-state index in [2.05, 4.69) is 29.1 Å². The van der Waals surface area contributed by atoms with E-state index in [-0.39, 0.29) is 5.78 Å². The van der Waals surface area contributed by atoms with Gasteiger partial charge in [-0.25, -0.2) is 0 Å². The monoisotopic (exact) mass is 260 g/mol. The maximum Gasteiger partial charge on any atom is 0.161 e. The normalized spacial score (nSPS) is 8.54. The number of Topliss-reactive ketones (excluding diaryl/α,β-unsaturated/α-hetero) is 1. The van der Waals surface area contributed by atoms with Crippen molar-refractivity contribution in [3.05, 3.63) is 46.4 Å². The Hall–Kier alpha value is -0.600. The van der Waals surface area contributed by atoms with Crippen molar-refractivity contribution in [3.63, 3.8) is 0 Å². The highest BCUT2D eigenvalue weighted by Crippen LogP contribution is 2.21. The lowest BCUT2D eigenvalue weighted by atomic mass is 10.1. The lowest BCUT2D eigenvalue weighted by Crippen LogP contribution is -1.92. The molecular formula is C10H10BrClO. The SMILES string of the molecule is C=C.CC(=O)c1ccc(Br)cc1Cl. The van der Waals surface area contributed by atoms with Crippen LogP contribution in [0.4, 0.5) is 0 Å². The summed E-state index contributed by atoms with van der Waals surface area (Å²) >= 11 is 9.02. The van der Waals surface area contributed by atoms with Crippen molar-refractivity contribution in [2.75, 3.05) is 0 Å². The Labute approximate surface area is 91.5 Å². The van der Waals surface area contributed by atoms with Crippen LogP contribution in [0.3, 0.4) is 0 Å². The molecule has 0 unspecified atom stereocenters. The Morgan fingerprint density at radius 1 is 1.46 bits per heavy atom. The molecule has 1 aromatic carbocycles. The summed E-state index contributed by atoms with van der Waals surface area (Å²) < 4.78 is 0.882. The minimum atomic E-state index is -0.0116. The smallest absolute Gasteiger partial charge is 0.161 e. The molecule has 0 amide bonds. The molecule has 0 aliphatic heterocycles. The van der Waals surface area contributed by atoms with Crippen LogP contribution in [0.25, 0.3) is 0 Å². The predicted octanol–water partition coefficient (Wildman–Crippen LogP) is 4.11. The first-order valence-electron chi connectivity index (χ1n) is 3.57. The molecule has 3 heteroatoms. The lowest BCUT2D eigenvalue weighted by molar-refractivity contribution is 0.101. The minimum Gasteiger partial charge on any atom is -0.294 e. The van der Waals surface area contributed by atoms with Crippen LogP contribution in [-0.4, -0.2) is 5.78 Å². The molecule has 0 aromatic heterocycles. The fourth-order valence-corrected chi connectivity index (χ4v) is 1.58. The Morgan fingerprint density at radius 3 is 2.38 bits per heavy atom. The Bertz CT molecular complexity index is 310. The number of benzene rings is 1. The number of carbonyl (C=O) groups is 1. The van der Waals surface area contributed by atoms with Gasteiger partial charge in [0.1, 0.15) is 0 Å². The minimum absolute atomic E-state index is 0.0116. The van der Waals surface area contributed by atoms with E-state index in [4.69, 9.17) is 11.6 Å². The molecule has 1 rings (SSSR count). The first kappa shape index (κ1) is 12.4. The molecule has 0 spiro atoms. The number of hydrogen-bond acceptors (Lipinski definition) is 1. The first-order valence-corrected chi connectivity index (χ1v) is 4.74. The molecule has 0 aliphatic rings. The molecular weight excluding hydrogens is 251 g/mol. The molecule has 0 aliphatic carbocycles. The molecule has 1 nitrogen and oxygen atoms in total. The molecule has 70 valence electrons. The van der Waals surface area contributed by atoms with Gasteiger partial charge in [0, 0.05) is 10.0 Å². The van der Waals surface area contributed by atoms with E-state index in [1.165, 1.54) is 6.92 Å². The zero-order valence-electron chi connectivity index (χ0n) is 7.31. The van der Waals surface area contributed by atoms with Gasteiger partial charge in [0.2, 0.25) is 0 Å².